The van der Waals surface area contributed by atoms with Crippen LogP contribution in [-0.2, 0) is 0 Å². The molecule has 0 amide bonds. The lowest BCUT2D eigenvalue weighted by molar-refractivity contribution is 1.40. The number of fused-ring (bicyclic) bond motifs is 6. The van der Waals surface area contributed by atoms with Crippen LogP contribution in [0.5, 0.6) is 0 Å². The van der Waals surface area contributed by atoms with Crippen molar-refractivity contribution >= 4 is 44.3 Å². The number of rotatable bonds is 0. The standard InChI is InChI=1S/C22H13NS/c1-3-9-17-14(7-1)21-15-8-5-11-20-22(15)16(12-18(21)23-17)13-6-2-4-10-19(13)24-20/h1-12,23H. The fourth-order valence-electron chi connectivity index (χ4n) is 3.99. The van der Waals surface area contributed by atoms with E-state index >= 15 is 0 Å². The highest BCUT2D eigenvalue weighted by Gasteiger charge is 2.21. The van der Waals surface area contributed by atoms with Gasteiger partial charge in [0.05, 0.1) is 0 Å². The van der Waals surface area contributed by atoms with Crippen molar-refractivity contribution in [2.24, 2.45) is 0 Å². The Labute approximate surface area is 143 Å². The van der Waals surface area contributed by atoms with Gasteiger partial charge in [-0.15, -0.1) is 0 Å². The Kier molecular flexibility index (Phi) is 2.34. The molecule has 0 atom stereocenters. The molecule has 0 saturated carbocycles. The van der Waals surface area contributed by atoms with E-state index in [9.17, 15) is 0 Å². The lowest BCUT2D eigenvalue weighted by Crippen LogP contribution is -1.93. The maximum Gasteiger partial charge on any atom is 0.0477 e. The van der Waals surface area contributed by atoms with Crippen LogP contribution in [0.25, 0.3) is 43.7 Å². The summed E-state index contributed by atoms with van der Waals surface area (Å²) in [4.78, 5) is 6.31. The van der Waals surface area contributed by atoms with E-state index in [1.165, 1.54) is 53.5 Å². The minimum absolute atomic E-state index is 1.21. The second-order valence-electron chi connectivity index (χ2n) is 6.29. The van der Waals surface area contributed by atoms with Gasteiger partial charge in [-0.05, 0) is 40.8 Å². The fraction of sp³-hybridized carbons (Fsp3) is 0. The van der Waals surface area contributed by atoms with E-state index in [0.29, 0.717) is 0 Å². The molecule has 24 heavy (non-hydrogen) atoms. The average molecular weight is 323 g/mol. The molecule has 0 spiro atoms. The summed E-state index contributed by atoms with van der Waals surface area (Å²) in [7, 11) is 0. The maximum atomic E-state index is 3.61. The summed E-state index contributed by atoms with van der Waals surface area (Å²) >= 11 is 1.88. The molecular weight excluding hydrogens is 310 g/mol. The van der Waals surface area contributed by atoms with Crippen molar-refractivity contribution in [3.05, 3.63) is 72.8 Å². The van der Waals surface area contributed by atoms with E-state index in [1.54, 1.807) is 0 Å². The first kappa shape index (κ1) is 12.7. The van der Waals surface area contributed by atoms with Gasteiger partial charge in [-0.25, -0.2) is 0 Å². The van der Waals surface area contributed by atoms with Crippen molar-refractivity contribution in [2.45, 2.75) is 9.79 Å². The lowest BCUT2D eigenvalue weighted by atomic mass is 9.94. The van der Waals surface area contributed by atoms with Gasteiger partial charge in [0, 0.05) is 37.0 Å². The average Bonchev–Trinajstić information content (AvgIpc) is 3.00. The Morgan fingerprint density at radius 1 is 0.583 bits per heavy atom. The Morgan fingerprint density at radius 3 is 2.38 bits per heavy atom. The van der Waals surface area contributed by atoms with Gasteiger partial charge in [-0.2, -0.15) is 0 Å². The van der Waals surface area contributed by atoms with Crippen LogP contribution in [0.15, 0.2) is 82.6 Å². The predicted octanol–water partition coefficient (Wildman–Crippen LogP) is 6.61. The zero-order valence-corrected chi connectivity index (χ0v) is 13.7. The zero-order chi connectivity index (χ0) is 15.7. The van der Waals surface area contributed by atoms with Crippen LogP contribution in [0, 0.1) is 0 Å². The molecule has 0 saturated heterocycles. The Hall–Kier alpha value is -2.71. The van der Waals surface area contributed by atoms with E-state index in [1.807, 2.05) is 11.8 Å². The van der Waals surface area contributed by atoms with Crippen molar-refractivity contribution in [2.75, 3.05) is 0 Å². The molecule has 0 bridgehead atoms. The molecule has 0 unspecified atom stereocenters. The Balaban J connectivity index is 1.91. The van der Waals surface area contributed by atoms with Crippen LogP contribution in [0.1, 0.15) is 0 Å². The van der Waals surface area contributed by atoms with Gasteiger partial charge in [-0.1, -0.05) is 60.3 Å². The first-order chi connectivity index (χ1) is 11.9. The van der Waals surface area contributed by atoms with Crippen molar-refractivity contribution in [3.8, 4) is 11.1 Å². The van der Waals surface area contributed by atoms with Gasteiger partial charge in [0.25, 0.3) is 0 Å². The predicted molar refractivity (Wildman–Crippen MR) is 103 cm³/mol. The van der Waals surface area contributed by atoms with Gasteiger partial charge in [0.2, 0.25) is 0 Å². The molecule has 1 N–H and O–H groups in total. The first-order valence-corrected chi connectivity index (χ1v) is 8.95. The molecule has 0 radical (unpaired) electrons. The number of para-hydroxylation sites is 1. The number of aromatic nitrogens is 1. The molecule has 6 rings (SSSR count). The topological polar surface area (TPSA) is 15.8 Å². The third kappa shape index (κ3) is 1.51. The van der Waals surface area contributed by atoms with Crippen LogP contribution >= 0.6 is 11.8 Å². The van der Waals surface area contributed by atoms with Crippen molar-refractivity contribution < 1.29 is 0 Å². The molecule has 1 nitrogen and oxygen atoms in total. The second kappa shape index (κ2) is 4.43. The van der Waals surface area contributed by atoms with Crippen molar-refractivity contribution in [1.29, 1.82) is 0 Å². The summed E-state index contributed by atoms with van der Waals surface area (Å²) in [6.07, 6.45) is 0. The second-order valence-corrected chi connectivity index (χ2v) is 7.38. The molecule has 112 valence electrons. The van der Waals surface area contributed by atoms with Gasteiger partial charge in [0.1, 0.15) is 0 Å². The van der Waals surface area contributed by atoms with Gasteiger partial charge >= 0.3 is 0 Å². The van der Waals surface area contributed by atoms with Crippen molar-refractivity contribution in [1.82, 2.24) is 4.98 Å². The molecule has 1 aliphatic heterocycles. The van der Waals surface area contributed by atoms with E-state index in [4.69, 9.17) is 0 Å². The summed E-state index contributed by atoms with van der Waals surface area (Å²) in [5.41, 5.74) is 5.11. The minimum atomic E-state index is 1.21. The highest BCUT2D eigenvalue weighted by atomic mass is 32.2. The summed E-state index contributed by atoms with van der Waals surface area (Å²) in [6.45, 7) is 0. The van der Waals surface area contributed by atoms with Gasteiger partial charge in [0.15, 0.2) is 0 Å². The Morgan fingerprint density at radius 2 is 1.38 bits per heavy atom. The molecule has 2 heteroatoms. The SMILES string of the molecule is c1ccc2c(c1)Sc1cccc3c1c-2cc1[nH]c2ccccc2c13. The third-order valence-corrected chi connectivity index (χ3v) is 6.12. The van der Waals surface area contributed by atoms with Crippen LogP contribution in [0.3, 0.4) is 0 Å². The highest BCUT2D eigenvalue weighted by molar-refractivity contribution is 7.99. The maximum absolute atomic E-state index is 3.61. The zero-order valence-electron chi connectivity index (χ0n) is 12.8. The normalized spacial score (nSPS) is 12.8. The largest absolute Gasteiger partial charge is 0.354 e. The van der Waals surface area contributed by atoms with E-state index in [2.05, 4.69) is 77.8 Å². The molecule has 5 aromatic rings. The fourth-order valence-corrected chi connectivity index (χ4v) is 5.13. The number of hydrogen-bond acceptors (Lipinski definition) is 1. The molecule has 2 heterocycles. The summed E-state index contributed by atoms with van der Waals surface area (Å²) in [5, 5.41) is 5.38. The van der Waals surface area contributed by atoms with Crippen LogP contribution in [0.4, 0.5) is 0 Å². The van der Waals surface area contributed by atoms with Gasteiger partial charge < -0.3 is 4.98 Å². The minimum Gasteiger partial charge on any atom is -0.354 e. The molecule has 0 fully saturated rings. The summed E-state index contributed by atoms with van der Waals surface area (Å²) < 4.78 is 0. The smallest absolute Gasteiger partial charge is 0.0477 e. The number of benzene rings is 4. The summed E-state index contributed by atoms with van der Waals surface area (Å²) in [5.74, 6) is 0. The number of H-pyrrole nitrogens is 1. The molecule has 1 aliphatic rings. The van der Waals surface area contributed by atoms with E-state index in [0.717, 1.165) is 0 Å². The number of hydrogen-bond donors (Lipinski definition) is 1. The molecule has 1 aromatic heterocycles. The summed E-state index contributed by atoms with van der Waals surface area (Å²) in [6, 6.07) is 26.3. The van der Waals surface area contributed by atoms with Crippen LogP contribution in [0.2, 0.25) is 0 Å². The van der Waals surface area contributed by atoms with Crippen LogP contribution < -0.4 is 0 Å². The van der Waals surface area contributed by atoms with Gasteiger partial charge in [-0.3, -0.25) is 0 Å². The monoisotopic (exact) mass is 323 g/mol. The van der Waals surface area contributed by atoms with Crippen LogP contribution in [-0.4, -0.2) is 4.98 Å². The quantitative estimate of drug-likeness (QED) is 0.333. The third-order valence-electron chi connectivity index (χ3n) is 4.99. The van der Waals surface area contributed by atoms with Crippen molar-refractivity contribution in [3.63, 3.8) is 0 Å². The highest BCUT2D eigenvalue weighted by Crippen LogP contribution is 2.50. The first-order valence-electron chi connectivity index (χ1n) is 8.13. The lowest BCUT2D eigenvalue weighted by Gasteiger charge is -2.20. The molecule has 0 aliphatic carbocycles. The van der Waals surface area contributed by atoms with E-state index < -0.39 is 0 Å². The number of aromatic amines is 1. The Bertz CT molecular complexity index is 1280. The number of nitrogens with one attached hydrogen (secondary N) is 1. The van der Waals surface area contributed by atoms with E-state index in [-0.39, 0.29) is 0 Å². The molecule has 4 aromatic carbocycles. The molecular formula is C22H13NS.